The van der Waals surface area contributed by atoms with E-state index in [1.54, 1.807) is 4.52 Å². The second-order valence-electron chi connectivity index (χ2n) is 2.66. The van der Waals surface area contributed by atoms with E-state index in [1.165, 1.54) is 23.1 Å². The number of nitrogens with zero attached hydrogens (tertiary/aromatic N) is 3. The molecule has 2 aromatic heterocycles. The van der Waals surface area contributed by atoms with Gasteiger partial charge >= 0.3 is 5.97 Å². The number of aliphatic carboxylic acids is 1. The van der Waals surface area contributed by atoms with Crippen LogP contribution in [-0.2, 0) is 4.79 Å². The number of imidazole rings is 1. The zero-order valence-corrected chi connectivity index (χ0v) is 8.93. The van der Waals surface area contributed by atoms with E-state index in [9.17, 15) is 4.79 Å². The Morgan fingerprint density at radius 1 is 1.79 bits per heavy atom. The molecule has 0 radical (unpaired) electrons. The van der Waals surface area contributed by atoms with Crippen LogP contribution in [-0.4, -0.2) is 31.4 Å². The van der Waals surface area contributed by atoms with Crippen LogP contribution in [0.4, 0.5) is 0 Å². The Bertz CT molecular complexity index is 445. The van der Waals surface area contributed by atoms with Crippen LogP contribution in [0.15, 0.2) is 10.5 Å². The van der Waals surface area contributed by atoms with Crippen LogP contribution < -0.4 is 0 Å². The summed E-state index contributed by atoms with van der Waals surface area (Å²) in [6.45, 7) is 1.89. The zero-order chi connectivity index (χ0) is 10.1. The molecule has 2 rings (SSSR count). The van der Waals surface area contributed by atoms with Crippen LogP contribution in [0.5, 0.6) is 0 Å². The lowest BCUT2D eigenvalue weighted by atomic mass is 10.6. The number of carboxylic acids is 1. The molecule has 1 N–H and O–H groups in total. The van der Waals surface area contributed by atoms with Gasteiger partial charge in [-0.2, -0.15) is 0 Å². The van der Waals surface area contributed by atoms with Crippen molar-refractivity contribution in [3.8, 4) is 0 Å². The first-order valence-electron chi connectivity index (χ1n) is 3.82. The van der Waals surface area contributed by atoms with Crippen LogP contribution in [0.2, 0.25) is 0 Å². The number of aryl methyl sites for hydroxylation is 1. The summed E-state index contributed by atoms with van der Waals surface area (Å²) < 4.78 is 2.40. The minimum Gasteiger partial charge on any atom is -0.481 e. The highest BCUT2D eigenvalue weighted by Gasteiger charge is 2.08. The Morgan fingerprint density at radius 3 is 3.21 bits per heavy atom. The monoisotopic (exact) mass is 229 g/mol. The lowest BCUT2D eigenvalue weighted by Crippen LogP contribution is -1.97. The number of rotatable bonds is 3. The third-order valence-electron chi connectivity index (χ3n) is 1.46. The van der Waals surface area contributed by atoms with E-state index >= 15 is 0 Å². The van der Waals surface area contributed by atoms with Crippen LogP contribution in [0.25, 0.3) is 4.96 Å². The first-order chi connectivity index (χ1) is 6.65. The average Bonchev–Trinajstić information content (AvgIpc) is 2.57. The van der Waals surface area contributed by atoms with Gasteiger partial charge in [0.2, 0.25) is 4.96 Å². The van der Waals surface area contributed by atoms with Gasteiger partial charge in [0.15, 0.2) is 4.34 Å². The molecule has 7 heteroatoms. The first kappa shape index (κ1) is 9.47. The SMILES string of the molecule is Cc1cn2nc(SCC(=O)O)sc2n1. The van der Waals surface area contributed by atoms with Crippen molar-refractivity contribution in [3.05, 3.63) is 11.9 Å². The van der Waals surface area contributed by atoms with Gasteiger partial charge in [-0.3, -0.25) is 4.79 Å². The lowest BCUT2D eigenvalue weighted by Gasteiger charge is -1.88. The van der Waals surface area contributed by atoms with Crippen LogP contribution in [0, 0.1) is 6.92 Å². The molecular weight excluding hydrogens is 222 g/mol. The summed E-state index contributed by atoms with van der Waals surface area (Å²) in [5, 5.41) is 12.7. The van der Waals surface area contributed by atoms with Crippen molar-refractivity contribution >= 4 is 34.0 Å². The minimum absolute atomic E-state index is 0.0374. The lowest BCUT2D eigenvalue weighted by molar-refractivity contribution is -0.133. The predicted octanol–water partition coefficient (Wildman–Crippen LogP) is 1.28. The molecule has 74 valence electrons. The molecular formula is C7H7N3O2S2. The quantitative estimate of drug-likeness (QED) is 0.803. The molecule has 0 bridgehead atoms. The van der Waals surface area contributed by atoms with Gasteiger partial charge in [-0.15, -0.1) is 5.10 Å². The molecule has 0 aliphatic carbocycles. The summed E-state index contributed by atoms with van der Waals surface area (Å²) in [5.41, 5.74) is 0.915. The van der Waals surface area contributed by atoms with E-state index in [2.05, 4.69) is 10.1 Å². The maximum atomic E-state index is 10.3. The van der Waals surface area contributed by atoms with Gasteiger partial charge < -0.3 is 5.11 Å². The van der Waals surface area contributed by atoms with Crippen molar-refractivity contribution in [3.63, 3.8) is 0 Å². The maximum absolute atomic E-state index is 10.3. The number of aromatic nitrogens is 3. The zero-order valence-electron chi connectivity index (χ0n) is 7.30. The largest absolute Gasteiger partial charge is 0.481 e. The fourth-order valence-corrected chi connectivity index (χ4v) is 2.66. The molecule has 0 saturated carbocycles. The standard InChI is InChI=1S/C7H7N3O2S2/c1-4-2-10-6(8-4)14-7(9-10)13-3-5(11)12/h2H,3H2,1H3,(H,11,12). The molecule has 0 aliphatic heterocycles. The summed E-state index contributed by atoms with van der Waals surface area (Å²) in [6.07, 6.45) is 1.82. The van der Waals surface area contributed by atoms with Gasteiger partial charge in [-0.1, -0.05) is 23.1 Å². The average molecular weight is 229 g/mol. The highest BCUT2D eigenvalue weighted by Crippen LogP contribution is 2.24. The van der Waals surface area contributed by atoms with Crippen molar-refractivity contribution < 1.29 is 9.90 Å². The van der Waals surface area contributed by atoms with Gasteiger partial charge in [0, 0.05) is 0 Å². The molecule has 0 aromatic carbocycles. The fraction of sp³-hybridized carbons (Fsp3) is 0.286. The highest BCUT2D eigenvalue weighted by molar-refractivity contribution is 8.01. The van der Waals surface area contributed by atoms with Gasteiger partial charge in [0.25, 0.3) is 0 Å². The minimum atomic E-state index is -0.834. The van der Waals surface area contributed by atoms with Crippen molar-refractivity contribution in [2.45, 2.75) is 11.3 Å². The second kappa shape index (κ2) is 3.58. The van der Waals surface area contributed by atoms with Crippen LogP contribution in [0.1, 0.15) is 5.69 Å². The van der Waals surface area contributed by atoms with Crippen molar-refractivity contribution in [1.82, 2.24) is 14.6 Å². The van der Waals surface area contributed by atoms with E-state index in [0.29, 0.717) is 0 Å². The van der Waals surface area contributed by atoms with Crippen molar-refractivity contribution in [1.29, 1.82) is 0 Å². The normalized spacial score (nSPS) is 10.9. The molecule has 0 aliphatic rings. The van der Waals surface area contributed by atoms with Gasteiger partial charge in [0.05, 0.1) is 17.6 Å². The van der Waals surface area contributed by atoms with Gasteiger partial charge in [0.1, 0.15) is 0 Å². The number of carboxylic acid groups (broad SMARTS) is 1. The highest BCUT2D eigenvalue weighted by atomic mass is 32.2. The van der Waals surface area contributed by atoms with E-state index in [-0.39, 0.29) is 5.75 Å². The Kier molecular flexibility index (Phi) is 2.42. The van der Waals surface area contributed by atoms with E-state index in [4.69, 9.17) is 5.11 Å². The molecule has 0 unspecified atom stereocenters. The molecule has 0 spiro atoms. The number of hydrogen-bond donors (Lipinski definition) is 1. The van der Waals surface area contributed by atoms with Gasteiger partial charge in [-0.05, 0) is 6.92 Å². The van der Waals surface area contributed by atoms with Crippen molar-refractivity contribution in [2.24, 2.45) is 0 Å². The van der Waals surface area contributed by atoms with Crippen LogP contribution >= 0.6 is 23.1 Å². The molecule has 0 saturated heterocycles. The Morgan fingerprint density at radius 2 is 2.57 bits per heavy atom. The number of fused-ring (bicyclic) bond motifs is 1. The Hall–Kier alpha value is -1.08. The number of hydrogen-bond acceptors (Lipinski definition) is 5. The topological polar surface area (TPSA) is 67.5 Å². The third-order valence-corrected chi connectivity index (χ3v) is 3.50. The smallest absolute Gasteiger partial charge is 0.313 e. The Balaban J connectivity index is 2.19. The summed E-state index contributed by atoms with van der Waals surface area (Å²) in [5.74, 6) is -0.797. The number of carbonyl (C=O) groups is 1. The molecule has 0 fully saturated rings. The summed E-state index contributed by atoms with van der Waals surface area (Å²) in [7, 11) is 0. The van der Waals surface area contributed by atoms with E-state index in [1.807, 2.05) is 13.1 Å². The maximum Gasteiger partial charge on any atom is 0.313 e. The molecule has 14 heavy (non-hydrogen) atoms. The first-order valence-corrected chi connectivity index (χ1v) is 5.63. The second-order valence-corrected chi connectivity index (χ2v) is 4.84. The predicted molar refractivity (Wildman–Crippen MR) is 54.0 cm³/mol. The molecule has 0 atom stereocenters. The molecule has 2 heterocycles. The third kappa shape index (κ3) is 1.88. The number of thioether (sulfide) groups is 1. The molecule has 2 aromatic rings. The fourth-order valence-electron chi connectivity index (χ4n) is 0.973. The summed E-state index contributed by atoms with van der Waals surface area (Å²) in [6, 6.07) is 0. The van der Waals surface area contributed by atoms with Crippen molar-refractivity contribution in [2.75, 3.05) is 5.75 Å². The molecule has 5 nitrogen and oxygen atoms in total. The van der Waals surface area contributed by atoms with E-state index < -0.39 is 5.97 Å². The summed E-state index contributed by atoms with van der Waals surface area (Å²) in [4.78, 5) is 15.3. The van der Waals surface area contributed by atoms with E-state index in [0.717, 1.165) is 15.0 Å². The molecule has 0 amide bonds. The van der Waals surface area contributed by atoms with Gasteiger partial charge in [-0.25, -0.2) is 9.50 Å². The van der Waals surface area contributed by atoms with Crippen LogP contribution in [0.3, 0.4) is 0 Å². The Labute approximate surface area is 87.8 Å². The summed E-state index contributed by atoms with van der Waals surface area (Å²) >= 11 is 2.61.